The molecule has 0 saturated heterocycles. The van der Waals surface area contributed by atoms with E-state index in [4.69, 9.17) is 5.11 Å². The third-order valence-electron chi connectivity index (χ3n) is 2.50. The van der Waals surface area contributed by atoms with E-state index in [0.717, 1.165) is 18.4 Å². The first kappa shape index (κ1) is 17.6. The number of hydrogen-bond donors (Lipinski definition) is 3. The molecule has 0 spiro atoms. The molecule has 1 aromatic heterocycles. The van der Waals surface area contributed by atoms with Crippen molar-refractivity contribution in [3.63, 3.8) is 0 Å². The summed E-state index contributed by atoms with van der Waals surface area (Å²) in [5.41, 5.74) is 0.135. The van der Waals surface area contributed by atoms with Crippen LogP contribution in [-0.2, 0) is 14.3 Å². The molecule has 1 unspecified atom stereocenters. The van der Waals surface area contributed by atoms with Crippen molar-refractivity contribution in [2.24, 2.45) is 0 Å². The second-order valence-corrected chi connectivity index (χ2v) is 4.92. The van der Waals surface area contributed by atoms with Gasteiger partial charge in [-0.05, 0) is 11.4 Å². The Balaban J connectivity index is 2.86. The van der Waals surface area contributed by atoms with Gasteiger partial charge in [-0.1, -0.05) is 0 Å². The monoisotopic (exact) mass is 332 g/mol. The summed E-state index contributed by atoms with van der Waals surface area (Å²) in [5, 5.41) is 14.6. The molecule has 0 bridgehead atoms. The smallest absolute Gasteiger partial charge is 0.411 e. The number of rotatable bonds is 7. The number of Topliss-reactive ketones (excluding diaryl/α,β-unsaturated/α-hetero) is 1. The normalized spacial score (nSPS) is 11.4. The predicted molar refractivity (Wildman–Crippen MR) is 74.8 cm³/mol. The van der Waals surface area contributed by atoms with Crippen LogP contribution in [0.1, 0.15) is 16.1 Å². The van der Waals surface area contributed by atoms with Crippen molar-refractivity contribution in [1.82, 2.24) is 5.32 Å². The van der Waals surface area contributed by atoms with E-state index in [0.29, 0.717) is 0 Å². The number of anilines is 1. The molecule has 0 aliphatic heterocycles. The van der Waals surface area contributed by atoms with Gasteiger partial charge in [-0.25, -0.2) is 9.18 Å². The fourth-order valence-corrected chi connectivity index (χ4v) is 2.23. The summed E-state index contributed by atoms with van der Waals surface area (Å²) in [5.74, 6) is -3.20. The lowest BCUT2D eigenvalue weighted by Crippen LogP contribution is -2.43. The number of nitrogens with one attached hydrogen (secondary N) is 2. The molecule has 1 rings (SSSR count). The first-order valence-corrected chi connectivity index (χ1v) is 6.80. The van der Waals surface area contributed by atoms with E-state index in [2.05, 4.69) is 15.4 Å². The zero-order valence-electron chi connectivity index (χ0n) is 11.4. The number of carbonyl (C=O) groups is 4. The molecule has 3 N–H and O–H groups in total. The first-order valence-electron chi connectivity index (χ1n) is 5.92. The number of hydrogen-bond acceptors (Lipinski definition) is 6. The fraction of sp³-hybridized carbons (Fsp3) is 0.333. The van der Waals surface area contributed by atoms with Gasteiger partial charge in [-0.15, -0.1) is 11.3 Å². The molecular formula is C12H13FN2O6S. The molecule has 1 atom stereocenters. The van der Waals surface area contributed by atoms with E-state index in [9.17, 15) is 23.6 Å². The highest BCUT2D eigenvalue weighted by Gasteiger charge is 2.25. The Morgan fingerprint density at radius 1 is 1.41 bits per heavy atom. The number of aliphatic carboxylic acids is 1. The Bertz CT molecular complexity index is 588. The zero-order valence-corrected chi connectivity index (χ0v) is 12.2. The molecule has 120 valence electrons. The van der Waals surface area contributed by atoms with Crippen LogP contribution in [0, 0.1) is 0 Å². The third-order valence-corrected chi connectivity index (χ3v) is 3.41. The van der Waals surface area contributed by atoms with E-state index >= 15 is 0 Å². The second-order valence-electron chi connectivity index (χ2n) is 4.00. The number of carboxylic acid groups (broad SMARTS) is 1. The number of ether oxygens (including phenoxy) is 1. The van der Waals surface area contributed by atoms with Gasteiger partial charge < -0.3 is 15.2 Å². The minimum atomic E-state index is -1.48. The van der Waals surface area contributed by atoms with Gasteiger partial charge in [0.1, 0.15) is 17.6 Å². The van der Waals surface area contributed by atoms with Crippen LogP contribution in [0.2, 0.25) is 0 Å². The summed E-state index contributed by atoms with van der Waals surface area (Å²) in [6.45, 7) is -1.39. The van der Waals surface area contributed by atoms with Crippen LogP contribution in [0.15, 0.2) is 11.4 Å². The van der Waals surface area contributed by atoms with E-state index in [-0.39, 0.29) is 10.6 Å². The van der Waals surface area contributed by atoms with Crippen LogP contribution in [-0.4, -0.2) is 48.7 Å². The van der Waals surface area contributed by atoms with Crippen LogP contribution in [0.3, 0.4) is 0 Å². The lowest BCUT2D eigenvalue weighted by atomic mass is 10.1. The molecule has 1 heterocycles. The van der Waals surface area contributed by atoms with Crippen LogP contribution in [0.4, 0.5) is 14.9 Å². The Labute approximate surface area is 128 Å². The lowest BCUT2D eigenvalue weighted by Gasteiger charge is -2.14. The second kappa shape index (κ2) is 8.08. The van der Waals surface area contributed by atoms with Crippen LogP contribution in [0.25, 0.3) is 0 Å². The van der Waals surface area contributed by atoms with Gasteiger partial charge in [0, 0.05) is 0 Å². The zero-order chi connectivity index (χ0) is 16.7. The minimum absolute atomic E-state index is 0.0347. The Morgan fingerprint density at radius 2 is 2.09 bits per heavy atom. The Kier molecular flexibility index (Phi) is 6.45. The van der Waals surface area contributed by atoms with E-state index in [1.165, 1.54) is 11.4 Å². The lowest BCUT2D eigenvalue weighted by molar-refractivity contribution is -0.139. The minimum Gasteiger partial charge on any atom is -0.481 e. The van der Waals surface area contributed by atoms with Crippen molar-refractivity contribution >= 4 is 40.8 Å². The average molecular weight is 332 g/mol. The number of amides is 2. The van der Waals surface area contributed by atoms with Gasteiger partial charge in [0.2, 0.25) is 0 Å². The van der Waals surface area contributed by atoms with Gasteiger partial charge in [0.15, 0.2) is 5.78 Å². The summed E-state index contributed by atoms with van der Waals surface area (Å²) in [6.07, 6.45) is -1.53. The van der Waals surface area contributed by atoms with Gasteiger partial charge in [0.05, 0.1) is 19.2 Å². The summed E-state index contributed by atoms with van der Waals surface area (Å²) in [7, 11) is 1.14. The molecule has 0 fully saturated rings. The SMILES string of the molecule is COC(=O)Nc1ccsc1C(=O)NC(CC(=O)O)C(=O)CF. The average Bonchev–Trinajstić information content (AvgIpc) is 2.93. The van der Waals surface area contributed by atoms with Crippen molar-refractivity contribution in [3.05, 3.63) is 16.3 Å². The van der Waals surface area contributed by atoms with Crippen LogP contribution >= 0.6 is 11.3 Å². The van der Waals surface area contributed by atoms with Crippen LogP contribution < -0.4 is 10.6 Å². The molecule has 0 saturated carbocycles. The molecule has 0 aromatic carbocycles. The molecule has 2 amide bonds. The van der Waals surface area contributed by atoms with Crippen LogP contribution in [0.5, 0.6) is 0 Å². The van der Waals surface area contributed by atoms with Crippen molar-refractivity contribution < 1.29 is 33.4 Å². The maximum Gasteiger partial charge on any atom is 0.411 e. The molecule has 0 aliphatic carbocycles. The summed E-state index contributed by atoms with van der Waals surface area (Å²) < 4.78 is 16.8. The number of methoxy groups -OCH3 is 1. The maximum atomic E-state index is 12.4. The number of carbonyl (C=O) groups excluding carboxylic acids is 3. The number of ketones is 1. The van der Waals surface area contributed by atoms with E-state index in [1.807, 2.05) is 0 Å². The standard InChI is InChI=1S/C12H13FN2O6S/c1-21-12(20)15-6-2-3-22-10(6)11(19)14-7(4-9(17)18)8(16)5-13/h2-3,7H,4-5H2,1H3,(H,14,19)(H,15,20)(H,17,18). The summed E-state index contributed by atoms with van der Waals surface area (Å²) in [6, 6.07) is -0.0530. The summed E-state index contributed by atoms with van der Waals surface area (Å²) in [4.78, 5) is 45.2. The first-order chi connectivity index (χ1) is 10.4. The van der Waals surface area contributed by atoms with Crippen molar-refractivity contribution in [3.8, 4) is 0 Å². The highest BCUT2D eigenvalue weighted by molar-refractivity contribution is 7.12. The van der Waals surface area contributed by atoms with E-state index in [1.54, 1.807) is 0 Å². The molecule has 10 heteroatoms. The highest BCUT2D eigenvalue weighted by atomic mass is 32.1. The molecule has 22 heavy (non-hydrogen) atoms. The van der Waals surface area contributed by atoms with Crippen molar-refractivity contribution in [2.75, 3.05) is 19.1 Å². The maximum absolute atomic E-state index is 12.4. The quantitative estimate of drug-likeness (QED) is 0.686. The molecular weight excluding hydrogens is 319 g/mol. The number of alkyl halides is 1. The fourth-order valence-electron chi connectivity index (χ4n) is 1.48. The van der Waals surface area contributed by atoms with Crippen molar-refractivity contribution in [1.29, 1.82) is 0 Å². The topological polar surface area (TPSA) is 122 Å². The Hall–Kier alpha value is -2.49. The third kappa shape index (κ3) is 4.81. The number of carboxylic acids is 1. The van der Waals surface area contributed by atoms with Gasteiger partial charge in [-0.2, -0.15) is 0 Å². The highest BCUT2D eigenvalue weighted by Crippen LogP contribution is 2.22. The van der Waals surface area contributed by atoms with Gasteiger partial charge >= 0.3 is 12.1 Å². The molecule has 0 radical (unpaired) electrons. The van der Waals surface area contributed by atoms with Crippen molar-refractivity contribution in [2.45, 2.75) is 12.5 Å². The largest absolute Gasteiger partial charge is 0.481 e. The predicted octanol–water partition coefficient (Wildman–Crippen LogP) is 1.04. The number of thiophene rings is 1. The summed E-state index contributed by atoms with van der Waals surface area (Å²) >= 11 is 0.956. The molecule has 1 aromatic rings. The molecule has 0 aliphatic rings. The van der Waals surface area contributed by atoms with E-state index < -0.39 is 42.9 Å². The van der Waals surface area contributed by atoms with Gasteiger partial charge in [0.25, 0.3) is 5.91 Å². The molecule has 8 nitrogen and oxygen atoms in total. The number of halogens is 1. The Morgan fingerprint density at radius 3 is 2.64 bits per heavy atom. The van der Waals surface area contributed by atoms with Gasteiger partial charge in [-0.3, -0.25) is 19.7 Å².